The Hall–Kier alpha value is -1.73. The highest BCUT2D eigenvalue weighted by atomic mass is 16.5. The van der Waals surface area contributed by atoms with Crippen molar-refractivity contribution < 1.29 is 9.53 Å². The number of aryl methyl sites for hydroxylation is 1. The number of hydrogen-bond donors (Lipinski definition) is 1. The first-order chi connectivity index (χ1) is 11.1. The molecule has 23 heavy (non-hydrogen) atoms. The summed E-state index contributed by atoms with van der Waals surface area (Å²) in [4.78, 5) is 25.2. The maximum atomic E-state index is 12.7. The van der Waals surface area contributed by atoms with E-state index in [4.69, 9.17) is 10.5 Å². The summed E-state index contributed by atoms with van der Waals surface area (Å²) in [6.07, 6.45) is 2.21. The number of ether oxygens (including phenoxy) is 1. The zero-order chi connectivity index (χ0) is 16.2. The third-order valence-electron chi connectivity index (χ3n) is 4.52. The Morgan fingerprint density at radius 3 is 2.87 bits per heavy atom. The summed E-state index contributed by atoms with van der Waals surface area (Å²) in [5.41, 5.74) is 6.80. The van der Waals surface area contributed by atoms with E-state index in [1.54, 1.807) is 6.07 Å². The van der Waals surface area contributed by atoms with Gasteiger partial charge in [0, 0.05) is 38.4 Å². The van der Waals surface area contributed by atoms with E-state index in [1.165, 1.54) is 6.42 Å². The number of rotatable bonds is 3. The fraction of sp³-hybridized carbons (Fsp3) is 0.688. The van der Waals surface area contributed by atoms with Crippen molar-refractivity contribution in [3.05, 3.63) is 17.5 Å². The normalized spacial score (nSPS) is 23.0. The van der Waals surface area contributed by atoms with E-state index in [0.29, 0.717) is 11.6 Å². The Kier molecular flexibility index (Phi) is 5.07. The third-order valence-corrected chi connectivity index (χ3v) is 4.52. The fourth-order valence-corrected chi connectivity index (χ4v) is 3.41. The molecule has 3 heterocycles. The van der Waals surface area contributed by atoms with Crippen LogP contribution < -0.4 is 5.73 Å². The number of nitrogen functional groups attached to an aromatic ring is 1. The van der Waals surface area contributed by atoms with Crippen LogP contribution in [0.15, 0.2) is 6.07 Å². The summed E-state index contributed by atoms with van der Waals surface area (Å²) < 4.78 is 5.40. The van der Waals surface area contributed by atoms with Gasteiger partial charge in [0.05, 0.1) is 13.2 Å². The summed E-state index contributed by atoms with van der Waals surface area (Å²) in [6, 6.07) is 1.71. The number of nitrogens with two attached hydrogens (primary N) is 1. The van der Waals surface area contributed by atoms with Crippen molar-refractivity contribution in [3.63, 3.8) is 0 Å². The van der Waals surface area contributed by atoms with Crippen LogP contribution in [0.3, 0.4) is 0 Å². The monoisotopic (exact) mass is 319 g/mol. The van der Waals surface area contributed by atoms with Gasteiger partial charge in [-0.25, -0.2) is 9.97 Å². The van der Waals surface area contributed by atoms with E-state index < -0.39 is 0 Å². The number of carbonyl (C=O) groups is 1. The van der Waals surface area contributed by atoms with Crippen molar-refractivity contribution in [2.45, 2.75) is 19.8 Å². The van der Waals surface area contributed by atoms with Gasteiger partial charge in [0.15, 0.2) is 0 Å². The number of likely N-dealkylation sites (tertiary alicyclic amines) is 1. The molecule has 1 aromatic rings. The van der Waals surface area contributed by atoms with E-state index >= 15 is 0 Å². The van der Waals surface area contributed by atoms with Crippen molar-refractivity contribution in [2.75, 3.05) is 51.7 Å². The second-order valence-electron chi connectivity index (χ2n) is 6.43. The molecule has 0 saturated carbocycles. The van der Waals surface area contributed by atoms with Gasteiger partial charge in [-0.15, -0.1) is 0 Å². The minimum Gasteiger partial charge on any atom is -0.379 e. The lowest BCUT2D eigenvalue weighted by Crippen LogP contribution is -2.46. The molecule has 1 atom stereocenters. The van der Waals surface area contributed by atoms with E-state index in [1.807, 2.05) is 11.8 Å². The predicted molar refractivity (Wildman–Crippen MR) is 87.1 cm³/mol. The Morgan fingerprint density at radius 2 is 2.13 bits per heavy atom. The number of anilines is 1. The number of piperidine rings is 1. The average molecular weight is 319 g/mol. The van der Waals surface area contributed by atoms with Crippen molar-refractivity contribution >= 4 is 11.9 Å². The number of nitrogens with zero attached hydrogens (tertiary/aromatic N) is 4. The van der Waals surface area contributed by atoms with Gasteiger partial charge in [-0.3, -0.25) is 9.69 Å². The number of aromatic nitrogens is 2. The van der Waals surface area contributed by atoms with Gasteiger partial charge in [0.2, 0.25) is 5.95 Å². The molecule has 0 aromatic carbocycles. The topological polar surface area (TPSA) is 84.6 Å². The molecule has 1 amide bonds. The minimum absolute atomic E-state index is 0.0334. The van der Waals surface area contributed by atoms with Crippen LogP contribution in [0.2, 0.25) is 0 Å². The van der Waals surface area contributed by atoms with Crippen molar-refractivity contribution in [2.24, 2.45) is 5.92 Å². The van der Waals surface area contributed by atoms with Gasteiger partial charge in [-0.2, -0.15) is 0 Å². The Labute approximate surface area is 136 Å². The zero-order valence-electron chi connectivity index (χ0n) is 13.7. The maximum absolute atomic E-state index is 12.7. The molecule has 7 nitrogen and oxygen atoms in total. The predicted octanol–water partition coefficient (Wildman–Crippen LogP) is 0.552. The Balaban J connectivity index is 1.62. The highest BCUT2D eigenvalue weighted by Crippen LogP contribution is 2.20. The first kappa shape index (κ1) is 16.1. The van der Waals surface area contributed by atoms with Crippen LogP contribution in [0, 0.1) is 12.8 Å². The fourth-order valence-electron chi connectivity index (χ4n) is 3.41. The summed E-state index contributed by atoms with van der Waals surface area (Å²) >= 11 is 0. The van der Waals surface area contributed by atoms with Gasteiger partial charge in [-0.1, -0.05) is 0 Å². The Bertz CT molecular complexity index is 539. The van der Waals surface area contributed by atoms with Crippen LogP contribution in [-0.4, -0.2) is 71.6 Å². The molecule has 0 spiro atoms. The Morgan fingerprint density at radius 1 is 1.35 bits per heavy atom. The summed E-state index contributed by atoms with van der Waals surface area (Å²) in [7, 11) is 0. The summed E-state index contributed by atoms with van der Waals surface area (Å²) in [5.74, 6) is 0.648. The molecule has 3 rings (SSSR count). The van der Waals surface area contributed by atoms with E-state index in [2.05, 4.69) is 14.9 Å². The lowest BCUT2D eigenvalue weighted by molar-refractivity contribution is 0.0223. The smallest absolute Gasteiger partial charge is 0.272 e. The molecule has 2 fully saturated rings. The van der Waals surface area contributed by atoms with E-state index in [9.17, 15) is 4.79 Å². The molecule has 0 radical (unpaired) electrons. The molecule has 1 aromatic heterocycles. The van der Waals surface area contributed by atoms with Gasteiger partial charge < -0.3 is 15.4 Å². The van der Waals surface area contributed by atoms with Gasteiger partial charge in [0.1, 0.15) is 5.69 Å². The van der Waals surface area contributed by atoms with Crippen LogP contribution in [0.25, 0.3) is 0 Å². The van der Waals surface area contributed by atoms with Gasteiger partial charge in [0.25, 0.3) is 5.91 Å². The summed E-state index contributed by atoms with van der Waals surface area (Å²) in [6.45, 7) is 8.06. The lowest BCUT2D eigenvalue weighted by Gasteiger charge is -2.36. The van der Waals surface area contributed by atoms with Gasteiger partial charge >= 0.3 is 0 Å². The average Bonchev–Trinajstić information content (AvgIpc) is 2.54. The maximum Gasteiger partial charge on any atom is 0.272 e. The van der Waals surface area contributed by atoms with E-state index in [-0.39, 0.29) is 11.9 Å². The molecule has 2 N–H and O–H groups in total. The molecule has 0 unspecified atom stereocenters. The molecule has 2 aliphatic rings. The number of amides is 1. The van der Waals surface area contributed by atoms with Crippen LogP contribution >= 0.6 is 0 Å². The van der Waals surface area contributed by atoms with Crippen LogP contribution in [0.5, 0.6) is 0 Å². The molecule has 0 bridgehead atoms. The standard InChI is InChI=1S/C16H25N5O2/c1-12-9-14(19-16(17)18-12)15(22)21-4-2-3-13(11-21)10-20-5-7-23-8-6-20/h9,13H,2-8,10-11H2,1H3,(H2,17,18,19)/t13-/m0/s1. The first-order valence-electron chi connectivity index (χ1n) is 8.32. The molecular weight excluding hydrogens is 294 g/mol. The second-order valence-corrected chi connectivity index (χ2v) is 6.43. The zero-order valence-corrected chi connectivity index (χ0v) is 13.7. The van der Waals surface area contributed by atoms with Crippen LogP contribution in [0.4, 0.5) is 5.95 Å². The molecule has 2 aliphatic heterocycles. The SMILES string of the molecule is Cc1cc(C(=O)N2CCC[C@@H](CN3CCOCC3)C2)nc(N)n1. The number of morpholine rings is 1. The number of carbonyl (C=O) groups excluding carboxylic acids is 1. The van der Waals surface area contributed by atoms with Crippen molar-refractivity contribution in [3.8, 4) is 0 Å². The molecule has 2 saturated heterocycles. The van der Waals surface area contributed by atoms with Crippen LogP contribution in [-0.2, 0) is 4.74 Å². The lowest BCUT2D eigenvalue weighted by atomic mass is 9.97. The van der Waals surface area contributed by atoms with Crippen molar-refractivity contribution in [1.29, 1.82) is 0 Å². The largest absolute Gasteiger partial charge is 0.379 e. The quantitative estimate of drug-likeness (QED) is 0.876. The number of hydrogen-bond acceptors (Lipinski definition) is 6. The first-order valence-corrected chi connectivity index (χ1v) is 8.32. The summed E-state index contributed by atoms with van der Waals surface area (Å²) in [5, 5.41) is 0. The third kappa shape index (κ3) is 4.17. The minimum atomic E-state index is -0.0334. The molecular formula is C16H25N5O2. The highest BCUT2D eigenvalue weighted by Gasteiger charge is 2.27. The van der Waals surface area contributed by atoms with E-state index in [0.717, 1.165) is 58.1 Å². The van der Waals surface area contributed by atoms with Crippen LogP contribution in [0.1, 0.15) is 29.0 Å². The van der Waals surface area contributed by atoms with Crippen molar-refractivity contribution in [1.82, 2.24) is 19.8 Å². The molecule has 126 valence electrons. The highest BCUT2D eigenvalue weighted by molar-refractivity contribution is 5.92. The molecule has 7 heteroatoms. The molecule has 0 aliphatic carbocycles. The second kappa shape index (κ2) is 7.23. The van der Waals surface area contributed by atoms with Gasteiger partial charge in [-0.05, 0) is 31.7 Å².